The number of Topliss-reactive ketones (excluding diaryl/α,β-unsaturated/α-hetero) is 1. The molecule has 0 saturated carbocycles. The van der Waals surface area contributed by atoms with E-state index in [1.54, 1.807) is 14.2 Å². The number of allylic oxidation sites excluding steroid dienone is 2. The molecule has 35 heavy (non-hydrogen) atoms. The Hall–Kier alpha value is -3.77. The lowest BCUT2D eigenvalue weighted by molar-refractivity contribution is -0.116. The summed E-state index contributed by atoms with van der Waals surface area (Å²) < 4.78 is 13.3. The van der Waals surface area contributed by atoms with Crippen LogP contribution in [0.4, 0.5) is 5.95 Å². The molecule has 2 heterocycles. The summed E-state index contributed by atoms with van der Waals surface area (Å²) in [6.07, 6.45) is 1.14. The maximum Gasteiger partial charge on any atom is 0.209 e. The van der Waals surface area contributed by atoms with Crippen LogP contribution in [0.5, 0.6) is 11.5 Å². The molecule has 2 aliphatic rings. The summed E-state index contributed by atoms with van der Waals surface area (Å²) in [6, 6.07) is 21.1. The number of fused-ring (bicyclic) bond motifs is 3. The molecule has 3 aromatic carbocycles. The molecule has 0 bridgehead atoms. The van der Waals surface area contributed by atoms with E-state index in [2.05, 4.69) is 9.88 Å². The summed E-state index contributed by atoms with van der Waals surface area (Å²) >= 11 is 6.10. The Balaban J connectivity index is 1.54. The monoisotopic (exact) mass is 485 g/mol. The van der Waals surface area contributed by atoms with E-state index in [1.807, 2.05) is 66.7 Å². The van der Waals surface area contributed by atoms with Gasteiger partial charge in [-0.15, -0.1) is 0 Å². The average Bonchev–Trinajstić information content (AvgIpc) is 3.25. The number of benzene rings is 3. The molecule has 0 radical (unpaired) electrons. The highest BCUT2D eigenvalue weighted by atomic mass is 35.5. The zero-order chi connectivity index (χ0) is 24.1. The number of rotatable bonds is 4. The molecule has 0 unspecified atom stereocenters. The smallest absolute Gasteiger partial charge is 0.209 e. The average molecular weight is 486 g/mol. The molecular weight excluding hydrogens is 462 g/mol. The van der Waals surface area contributed by atoms with Crippen molar-refractivity contribution in [3.63, 3.8) is 0 Å². The molecule has 176 valence electrons. The van der Waals surface area contributed by atoms with E-state index in [1.165, 1.54) is 0 Å². The van der Waals surface area contributed by atoms with Crippen LogP contribution in [0.25, 0.3) is 11.0 Å². The molecule has 0 saturated heterocycles. The Labute approximate surface area is 208 Å². The minimum absolute atomic E-state index is 0.0698. The number of ether oxygens (including phenoxy) is 2. The second kappa shape index (κ2) is 8.47. The van der Waals surface area contributed by atoms with E-state index in [0.717, 1.165) is 39.4 Å². The van der Waals surface area contributed by atoms with Crippen molar-refractivity contribution in [3.05, 3.63) is 94.1 Å². The Morgan fingerprint density at radius 2 is 1.80 bits per heavy atom. The summed E-state index contributed by atoms with van der Waals surface area (Å²) in [5, 5.41) is 4.20. The number of imidazole rings is 1. The van der Waals surface area contributed by atoms with Crippen LogP contribution < -0.4 is 14.8 Å². The van der Waals surface area contributed by atoms with E-state index in [4.69, 9.17) is 26.1 Å². The normalized spacial score (nSPS) is 19.2. The number of aromatic nitrogens is 2. The van der Waals surface area contributed by atoms with E-state index in [0.29, 0.717) is 29.4 Å². The third kappa shape index (κ3) is 3.56. The van der Waals surface area contributed by atoms with E-state index in [-0.39, 0.29) is 17.7 Å². The van der Waals surface area contributed by atoms with Gasteiger partial charge in [-0.1, -0.05) is 35.9 Å². The van der Waals surface area contributed by atoms with Crippen LogP contribution in [0.2, 0.25) is 5.02 Å². The van der Waals surface area contributed by atoms with Gasteiger partial charge in [-0.2, -0.15) is 0 Å². The summed E-state index contributed by atoms with van der Waals surface area (Å²) in [5.41, 5.74) is 5.49. The van der Waals surface area contributed by atoms with Gasteiger partial charge >= 0.3 is 0 Å². The maximum atomic E-state index is 13.8. The van der Waals surface area contributed by atoms with Crippen LogP contribution in [-0.2, 0) is 4.79 Å². The SMILES string of the molecule is COc1ccc([C@@H]2C3=C(C[C@H](c4ccc(Cl)cc4)CC3=O)Nc3nc4ccccc4n32)c(OC)c1. The molecule has 1 N–H and O–H groups in total. The third-order valence-corrected chi connectivity index (χ3v) is 7.23. The molecule has 1 aromatic heterocycles. The summed E-state index contributed by atoms with van der Waals surface area (Å²) in [4.78, 5) is 18.7. The number of carbonyl (C=O) groups is 1. The Bertz CT molecular complexity index is 1490. The molecule has 6 rings (SSSR count). The number of para-hydroxylation sites is 2. The van der Waals surface area contributed by atoms with E-state index in [9.17, 15) is 4.79 Å². The maximum absolute atomic E-state index is 13.8. The fourth-order valence-corrected chi connectivity index (χ4v) is 5.46. The van der Waals surface area contributed by atoms with Gasteiger partial charge in [0.15, 0.2) is 5.78 Å². The van der Waals surface area contributed by atoms with Crippen LogP contribution in [0.3, 0.4) is 0 Å². The van der Waals surface area contributed by atoms with Crippen LogP contribution >= 0.6 is 11.6 Å². The van der Waals surface area contributed by atoms with Gasteiger partial charge in [-0.05, 0) is 54.3 Å². The highest BCUT2D eigenvalue weighted by molar-refractivity contribution is 6.30. The van der Waals surface area contributed by atoms with Crippen molar-refractivity contribution >= 4 is 34.4 Å². The van der Waals surface area contributed by atoms with Crippen molar-refractivity contribution in [1.29, 1.82) is 0 Å². The predicted octanol–water partition coefficient (Wildman–Crippen LogP) is 6.12. The van der Waals surface area contributed by atoms with Crippen molar-refractivity contribution in [2.75, 3.05) is 19.5 Å². The molecule has 6 nitrogen and oxygen atoms in total. The van der Waals surface area contributed by atoms with E-state index < -0.39 is 0 Å². The largest absolute Gasteiger partial charge is 0.497 e. The molecular formula is C28H24ClN3O3. The molecule has 1 aliphatic carbocycles. The lowest BCUT2D eigenvalue weighted by Crippen LogP contribution is -2.33. The van der Waals surface area contributed by atoms with Gasteiger partial charge in [0.1, 0.15) is 11.5 Å². The van der Waals surface area contributed by atoms with Crippen molar-refractivity contribution in [2.45, 2.75) is 24.8 Å². The number of hydrogen-bond acceptors (Lipinski definition) is 5. The van der Waals surface area contributed by atoms with Crippen molar-refractivity contribution in [2.24, 2.45) is 0 Å². The quantitative estimate of drug-likeness (QED) is 0.377. The number of carbonyl (C=O) groups excluding carboxylic acids is 1. The fourth-order valence-electron chi connectivity index (χ4n) is 5.33. The molecule has 7 heteroatoms. The van der Waals surface area contributed by atoms with Gasteiger partial charge in [0.25, 0.3) is 0 Å². The number of hydrogen-bond donors (Lipinski definition) is 1. The van der Waals surface area contributed by atoms with Crippen LogP contribution in [0, 0.1) is 0 Å². The number of halogens is 1. The molecule has 0 amide bonds. The zero-order valence-corrected chi connectivity index (χ0v) is 20.2. The third-order valence-electron chi connectivity index (χ3n) is 6.97. The molecule has 4 aromatic rings. The summed E-state index contributed by atoms with van der Waals surface area (Å²) in [5.74, 6) is 2.27. The van der Waals surface area contributed by atoms with Crippen molar-refractivity contribution < 1.29 is 14.3 Å². The van der Waals surface area contributed by atoms with Gasteiger partial charge in [0, 0.05) is 34.3 Å². The van der Waals surface area contributed by atoms with E-state index >= 15 is 0 Å². The molecule has 0 spiro atoms. The standard InChI is InChI=1S/C28H24ClN3O3/c1-34-19-11-12-20(25(15-19)35-2)27-26-22(31-28-30-21-5-3-4-6-23(21)32(27)28)13-17(14-24(26)33)16-7-9-18(29)10-8-16/h3-12,15,17,27H,13-14H2,1-2H3,(H,30,31)/t17-,27+/m0/s1. The first-order valence-corrected chi connectivity index (χ1v) is 11.9. The fraction of sp³-hybridized carbons (Fsp3) is 0.214. The lowest BCUT2D eigenvalue weighted by atomic mass is 9.77. The molecule has 2 atom stereocenters. The second-order valence-electron chi connectivity index (χ2n) is 8.90. The van der Waals surface area contributed by atoms with Crippen LogP contribution in [-0.4, -0.2) is 29.6 Å². The Kier molecular flexibility index (Phi) is 5.26. The van der Waals surface area contributed by atoms with Crippen molar-refractivity contribution in [1.82, 2.24) is 9.55 Å². The van der Waals surface area contributed by atoms with Crippen LogP contribution in [0.15, 0.2) is 78.0 Å². The number of nitrogens with one attached hydrogen (secondary N) is 1. The number of nitrogens with zero attached hydrogens (tertiary/aromatic N) is 2. The number of ketones is 1. The van der Waals surface area contributed by atoms with Crippen molar-refractivity contribution in [3.8, 4) is 11.5 Å². The predicted molar refractivity (Wildman–Crippen MR) is 137 cm³/mol. The first kappa shape index (κ1) is 21.7. The van der Waals surface area contributed by atoms with Gasteiger partial charge < -0.3 is 14.8 Å². The minimum Gasteiger partial charge on any atom is -0.497 e. The number of anilines is 1. The Morgan fingerprint density at radius 1 is 1.00 bits per heavy atom. The second-order valence-corrected chi connectivity index (χ2v) is 9.34. The summed E-state index contributed by atoms with van der Waals surface area (Å²) in [6.45, 7) is 0. The molecule has 0 fully saturated rings. The van der Waals surface area contributed by atoms with Gasteiger partial charge in [-0.3, -0.25) is 9.36 Å². The van der Waals surface area contributed by atoms with Crippen LogP contribution in [0.1, 0.15) is 35.9 Å². The zero-order valence-electron chi connectivity index (χ0n) is 19.4. The minimum atomic E-state index is -0.367. The Morgan fingerprint density at radius 3 is 2.57 bits per heavy atom. The number of methoxy groups -OCH3 is 2. The first-order valence-electron chi connectivity index (χ1n) is 11.5. The topological polar surface area (TPSA) is 65.4 Å². The van der Waals surface area contributed by atoms with Gasteiger partial charge in [0.05, 0.1) is 31.3 Å². The lowest BCUT2D eigenvalue weighted by Gasteiger charge is -2.36. The first-order chi connectivity index (χ1) is 17.1. The highest BCUT2D eigenvalue weighted by Crippen LogP contribution is 2.48. The van der Waals surface area contributed by atoms with Gasteiger partial charge in [0.2, 0.25) is 5.95 Å². The summed E-state index contributed by atoms with van der Waals surface area (Å²) in [7, 11) is 3.27. The van der Waals surface area contributed by atoms with Gasteiger partial charge in [-0.25, -0.2) is 4.98 Å². The molecule has 1 aliphatic heterocycles. The highest BCUT2D eigenvalue weighted by Gasteiger charge is 2.40.